The lowest BCUT2D eigenvalue weighted by Gasteiger charge is -2.35. The van der Waals surface area contributed by atoms with E-state index >= 15 is 0 Å². The van der Waals surface area contributed by atoms with Crippen molar-refractivity contribution in [1.82, 2.24) is 15.1 Å². The zero-order chi connectivity index (χ0) is 12.3. The Labute approximate surface area is 93.0 Å². The fourth-order valence-corrected chi connectivity index (χ4v) is 1.42. The molecule has 16 heavy (non-hydrogen) atoms. The number of piperazine rings is 1. The Morgan fingerprint density at radius 3 is 2.75 bits per heavy atom. The van der Waals surface area contributed by atoms with E-state index in [1.54, 1.807) is 14.0 Å². The van der Waals surface area contributed by atoms with Crippen LogP contribution in [0, 0.1) is 0 Å². The number of nitrogens with one attached hydrogen (secondary N) is 1. The summed E-state index contributed by atoms with van der Waals surface area (Å²) < 4.78 is 0. The molecule has 1 aliphatic rings. The van der Waals surface area contributed by atoms with Crippen molar-refractivity contribution in [2.45, 2.75) is 13.0 Å². The van der Waals surface area contributed by atoms with Crippen molar-refractivity contribution >= 4 is 17.9 Å². The topological polar surface area (TPSA) is 90.0 Å². The van der Waals surface area contributed by atoms with Crippen molar-refractivity contribution in [3.05, 3.63) is 0 Å². The van der Waals surface area contributed by atoms with Crippen LogP contribution in [0.3, 0.4) is 0 Å². The third-order valence-electron chi connectivity index (χ3n) is 2.51. The van der Waals surface area contributed by atoms with Gasteiger partial charge < -0.3 is 15.3 Å². The smallest absolute Gasteiger partial charge is 0.328 e. The van der Waals surface area contributed by atoms with Crippen LogP contribution in [0.4, 0.5) is 4.79 Å². The minimum Gasteiger partial charge on any atom is -0.480 e. The van der Waals surface area contributed by atoms with E-state index in [-0.39, 0.29) is 19.0 Å². The molecule has 3 amide bonds. The molecule has 0 saturated carbocycles. The largest absolute Gasteiger partial charge is 0.480 e. The molecule has 1 unspecified atom stereocenters. The molecular weight excluding hydrogens is 214 g/mol. The normalized spacial score (nSPS) is 20.2. The molecule has 1 saturated heterocycles. The standard InChI is InChI=1S/C9H15N3O4/c1-3-11(2)9(16)12-5-7(13)10-4-6(12)8(14)15/h6H,3-5H2,1-2H3,(H,10,13)(H,14,15). The maximum atomic E-state index is 11.8. The van der Waals surface area contributed by atoms with Gasteiger partial charge in [-0.3, -0.25) is 9.69 Å². The van der Waals surface area contributed by atoms with Gasteiger partial charge in [0.1, 0.15) is 12.6 Å². The van der Waals surface area contributed by atoms with Crippen molar-refractivity contribution in [2.75, 3.05) is 26.7 Å². The number of nitrogens with zero attached hydrogens (tertiary/aromatic N) is 2. The highest BCUT2D eigenvalue weighted by molar-refractivity contribution is 5.90. The molecule has 1 atom stereocenters. The second kappa shape index (κ2) is 4.82. The molecular formula is C9H15N3O4. The van der Waals surface area contributed by atoms with Crippen LogP contribution in [0.25, 0.3) is 0 Å². The summed E-state index contributed by atoms with van der Waals surface area (Å²) >= 11 is 0. The molecule has 0 aromatic rings. The van der Waals surface area contributed by atoms with Crippen LogP contribution >= 0.6 is 0 Å². The molecule has 0 aromatic heterocycles. The van der Waals surface area contributed by atoms with Crippen LogP contribution in [-0.4, -0.2) is 65.5 Å². The van der Waals surface area contributed by atoms with Crippen LogP contribution < -0.4 is 5.32 Å². The molecule has 7 nitrogen and oxygen atoms in total. The van der Waals surface area contributed by atoms with Gasteiger partial charge in [-0.2, -0.15) is 0 Å². The molecule has 7 heteroatoms. The van der Waals surface area contributed by atoms with Gasteiger partial charge in [-0.15, -0.1) is 0 Å². The Kier molecular flexibility index (Phi) is 3.70. The van der Waals surface area contributed by atoms with Gasteiger partial charge in [-0.05, 0) is 6.92 Å². The van der Waals surface area contributed by atoms with Gasteiger partial charge in [-0.25, -0.2) is 9.59 Å². The Bertz CT molecular complexity index is 318. The quantitative estimate of drug-likeness (QED) is 0.631. The summed E-state index contributed by atoms with van der Waals surface area (Å²) in [5.74, 6) is -1.45. The number of hydrogen-bond donors (Lipinski definition) is 2. The predicted molar refractivity (Wildman–Crippen MR) is 54.8 cm³/mol. The zero-order valence-electron chi connectivity index (χ0n) is 9.27. The summed E-state index contributed by atoms with van der Waals surface area (Å²) in [4.78, 5) is 36.3. The van der Waals surface area contributed by atoms with Crippen molar-refractivity contribution in [3.8, 4) is 0 Å². The molecule has 1 aliphatic heterocycles. The van der Waals surface area contributed by atoms with Gasteiger partial charge in [0.05, 0.1) is 0 Å². The summed E-state index contributed by atoms with van der Waals surface area (Å²) in [5.41, 5.74) is 0. The molecule has 1 heterocycles. The highest BCUT2D eigenvalue weighted by atomic mass is 16.4. The molecule has 0 bridgehead atoms. The van der Waals surface area contributed by atoms with E-state index < -0.39 is 18.0 Å². The Morgan fingerprint density at radius 2 is 2.25 bits per heavy atom. The fourth-order valence-electron chi connectivity index (χ4n) is 1.42. The van der Waals surface area contributed by atoms with Gasteiger partial charge in [0.15, 0.2) is 0 Å². The molecule has 1 rings (SSSR count). The highest BCUT2D eigenvalue weighted by Crippen LogP contribution is 2.07. The number of carboxylic acids is 1. The zero-order valence-corrected chi connectivity index (χ0v) is 9.27. The van der Waals surface area contributed by atoms with Gasteiger partial charge in [-0.1, -0.05) is 0 Å². The van der Waals surface area contributed by atoms with Crippen LogP contribution in [0.5, 0.6) is 0 Å². The first-order valence-corrected chi connectivity index (χ1v) is 4.98. The van der Waals surface area contributed by atoms with E-state index in [9.17, 15) is 14.4 Å². The van der Waals surface area contributed by atoms with Gasteiger partial charge in [0, 0.05) is 20.1 Å². The van der Waals surface area contributed by atoms with E-state index in [0.29, 0.717) is 6.54 Å². The van der Waals surface area contributed by atoms with Gasteiger partial charge >= 0.3 is 12.0 Å². The summed E-state index contributed by atoms with van der Waals surface area (Å²) in [7, 11) is 1.56. The van der Waals surface area contributed by atoms with E-state index in [4.69, 9.17) is 5.11 Å². The predicted octanol–water partition coefficient (Wildman–Crippen LogP) is -1.06. The van der Waals surface area contributed by atoms with Gasteiger partial charge in [0.25, 0.3) is 0 Å². The minimum atomic E-state index is -1.11. The summed E-state index contributed by atoms with van der Waals surface area (Å²) in [6.07, 6.45) is 0. The molecule has 90 valence electrons. The van der Waals surface area contributed by atoms with Crippen molar-refractivity contribution in [2.24, 2.45) is 0 Å². The monoisotopic (exact) mass is 229 g/mol. The summed E-state index contributed by atoms with van der Waals surface area (Å²) in [6.45, 7) is 1.98. The van der Waals surface area contributed by atoms with Gasteiger partial charge in [0.2, 0.25) is 5.91 Å². The SMILES string of the molecule is CCN(C)C(=O)N1CC(=O)NCC1C(=O)O. The van der Waals surface area contributed by atoms with E-state index in [1.807, 2.05) is 0 Å². The maximum absolute atomic E-state index is 11.8. The van der Waals surface area contributed by atoms with Crippen molar-refractivity contribution < 1.29 is 19.5 Å². The van der Waals surface area contributed by atoms with Crippen molar-refractivity contribution in [1.29, 1.82) is 0 Å². The number of carbonyl (C=O) groups is 3. The molecule has 0 aromatic carbocycles. The third kappa shape index (κ3) is 2.41. The molecule has 0 spiro atoms. The second-order valence-corrected chi connectivity index (χ2v) is 3.58. The Balaban J connectivity index is 2.82. The van der Waals surface area contributed by atoms with E-state index in [2.05, 4.69) is 5.32 Å². The first kappa shape index (κ1) is 12.3. The number of rotatable bonds is 2. The molecule has 1 fully saturated rings. The van der Waals surface area contributed by atoms with Crippen LogP contribution in [0.2, 0.25) is 0 Å². The number of hydrogen-bond acceptors (Lipinski definition) is 3. The average molecular weight is 229 g/mol. The number of amides is 3. The molecule has 0 radical (unpaired) electrons. The summed E-state index contributed by atoms with van der Waals surface area (Å²) in [6, 6.07) is -1.43. The minimum absolute atomic E-state index is 0.0442. The van der Waals surface area contributed by atoms with Crippen LogP contribution in [0.1, 0.15) is 6.92 Å². The maximum Gasteiger partial charge on any atom is 0.328 e. The van der Waals surface area contributed by atoms with Crippen LogP contribution in [0.15, 0.2) is 0 Å². The Morgan fingerprint density at radius 1 is 1.62 bits per heavy atom. The van der Waals surface area contributed by atoms with Crippen LogP contribution in [-0.2, 0) is 9.59 Å². The van der Waals surface area contributed by atoms with E-state index in [0.717, 1.165) is 4.90 Å². The lowest BCUT2D eigenvalue weighted by Crippen LogP contribution is -2.61. The first-order chi connectivity index (χ1) is 7.47. The number of carbonyl (C=O) groups excluding carboxylic acids is 2. The summed E-state index contributed by atoms with van der Waals surface area (Å²) in [5, 5.41) is 11.4. The number of urea groups is 1. The number of carboxylic acid groups (broad SMARTS) is 1. The third-order valence-corrected chi connectivity index (χ3v) is 2.51. The van der Waals surface area contributed by atoms with E-state index in [1.165, 1.54) is 4.90 Å². The number of aliphatic carboxylic acids is 1. The fraction of sp³-hybridized carbons (Fsp3) is 0.667. The lowest BCUT2D eigenvalue weighted by molar-refractivity contribution is -0.144. The van der Waals surface area contributed by atoms with Crippen molar-refractivity contribution in [3.63, 3.8) is 0 Å². The highest BCUT2D eigenvalue weighted by Gasteiger charge is 2.36. The Hall–Kier alpha value is -1.79. The first-order valence-electron chi connectivity index (χ1n) is 4.98. The lowest BCUT2D eigenvalue weighted by atomic mass is 10.2. The average Bonchev–Trinajstić information content (AvgIpc) is 2.26. The molecule has 2 N–H and O–H groups in total. The second-order valence-electron chi connectivity index (χ2n) is 3.58. The molecule has 0 aliphatic carbocycles.